The second kappa shape index (κ2) is 6.19. The van der Waals surface area contributed by atoms with Gasteiger partial charge in [-0.3, -0.25) is 0 Å². The first kappa shape index (κ1) is 13.4. The minimum absolute atomic E-state index is 0.370. The topological polar surface area (TPSA) is 60.5 Å². The van der Waals surface area contributed by atoms with Crippen molar-refractivity contribution in [3.05, 3.63) is 40.8 Å². The number of hydrogen-bond donors (Lipinski definition) is 1. The highest BCUT2D eigenvalue weighted by atomic mass is 32.1. The van der Waals surface area contributed by atoms with E-state index in [4.69, 9.17) is 9.47 Å². The number of hydrogen-bond acceptors (Lipinski definition) is 6. The molecule has 1 aromatic heterocycles. The van der Waals surface area contributed by atoms with Crippen LogP contribution in [0.3, 0.4) is 0 Å². The van der Waals surface area contributed by atoms with Crippen molar-refractivity contribution in [3.8, 4) is 5.75 Å². The van der Waals surface area contributed by atoms with Gasteiger partial charge in [-0.25, -0.2) is 9.78 Å². The molecule has 0 saturated heterocycles. The quantitative estimate of drug-likeness (QED) is 0.851. The Hall–Kier alpha value is -2.08. The summed E-state index contributed by atoms with van der Waals surface area (Å²) in [5.74, 6) is 0.389. The van der Waals surface area contributed by atoms with E-state index < -0.39 is 6.04 Å². The molecular weight excluding hydrogens is 264 g/mol. The fraction of sp³-hybridized carbons (Fsp3) is 0.231. The summed E-state index contributed by atoms with van der Waals surface area (Å²) in [6, 6.07) is 6.71. The number of anilines is 1. The number of nitrogens with zero attached hydrogens (tertiary/aromatic N) is 1. The molecule has 1 atom stereocenters. The van der Waals surface area contributed by atoms with Crippen molar-refractivity contribution < 1.29 is 14.3 Å². The molecule has 2 aromatic rings. The molecule has 0 fully saturated rings. The van der Waals surface area contributed by atoms with Crippen molar-refractivity contribution in [2.45, 2.75) is 6.04 Å². The van der Waals surface area contributed by atoms with Crippen LogP contribution < -0.4 is 10.1 Å². The molecular formula is C13H14N2O3S. The zero-order valence-corrected chi connectivity index (χ0v) is 11.4. The van der Waals surface area contributed by atoms with Gasteiger partial charge in [-0.2, -0.15) is 0 Å². The molecule has 0 aliphatic carbocycles. The van der Waals surface area contributed by atoms with E-state index in [2.05, 4.69) is 10.3 Å². The molecule has 2 rings (SSSR count). The molecule has 19 heavy (non-hydrogen) atoms. The predicted molar refractivity (Wildman–Crippen MR) is 73.5 cm³/mol. The summed E-state index contributed by atoms with van der Waals surface area (Å²) in [5, 5.41) is 5.59. The van der Waals surface area contributed by atoms with E-state index in [0.29, 0.717) is 5.01 Å². The monoisotopic (exact) mass is 278 g/mol. The highest BCUT2D eigenvalue weighted by Gasteiger charge is 2.23. The zero-order valence-electron chi connectivity index (χ0n) is 10.6. The van der Waals surface area contributed by atoms with Gasteiger partial charge in [0.05, 0.1) is 14.2 Å². The molecule has 0 spiro atoms. The molecule has 0 saturated carbocycles. The first-order valence-electron chi connectivity index (χ1n) is 5.62. The van der Waals surface area contributed by atoms with Gasteiger partial charge in [0, 0.05) is 17.3 Å². The molecule has 100 valence electrons. The van der Waals surface area contributed by atoms with E-state index in [9.17, 15) is 4.79 Å². The van der Waals surface area contributed by atoms with Crippen LogP contribution in [0.25, 0.3) is 0 Å². The minimum atomic E-state index is -0.599. The van der Waals surface area contributed by atoms with Gasteiger partial charge < -0.3 is 14.8 Å². The largest absolute Gasteiger partial charge is 0.497 e. The second-order valence-electron chi connectivity index (χ2n) is 3.70. The number of nitrogens with one attached hydrogen (secondary N) is 1. The SMILES string of the molecule is COC(=O)C(Nc1ccc(OC)cc1)c1nccs1. The Labute approximate surface area is 115 Å². The summed E-state index contributed by atoms with van der Waals surface area (Å²) in [4.78, 5) is 15.9. The first-order chi connectivity index (χ1) is 9.24. The fourth-order valence-electron chi connectivity index (χ4n) is 1.57. The van der Waals surface area contributed by atoms with Gasteiger partial charge in [-0.1, -0.05) is 0 Å². The predicted octanol–water partition coefficient (Wildman–Crippen LogP) is 2.48. The van der Waals surface area contributed by atoms with Crippen molar-refractivity contribution >= 4 is 23.0 Å². The lowest BCUT2D eigenvalue weighted by atomic mass is 10.2. The van der Waals surface area contributed by atoms with Gasteiger partial charge in [-0.15, -0.1) is 11.3 Å². The van der Waals surface area contributed by atoms with Crippen LogP contribution in [0, 0.1) is 0 Å². The third-order valence-corrected chi connectivity index (χ3v) is 3.38. The minimum Gasteiger partial charge on any atom is -0.497 e. The van der Waals surface area contributed by atoms with E-state index in [-0.39, 0.29) is 5.97 Å². The maximum absolute atomic E-state index is 11.8. The van der Waals surface area contributed by atoms with Crippen LogP contribution in [-0.2, 0) is 9.53 Å². The third-order valence-electron chi connectivity index (χ3n) is 2.54. The lowest BCUT2D eigenvalue weighted by molar-refractivity contribution is -0.141. The Bertz CT molecular complexity index is 525. The number of esters is 1. The molecule has 0 aliphatic rings. The van der Waals surface area contributed by atoms with Gasteiger partial charge in [-0.05, 0) is 24.3 Å². The van der Waals surface area contributed by atoms with E-state index in [1.54, 1.807) is 13.3 Å². The molecule has 0 bridgehead atoms. The number of aromatic nitrogens is 1. The molecule has 0 radical (unpaired) electrons. The summed E-state index contributed by atoms with van der Waals surface area (Å²) < 4.78 is 9.88. The van der Waals surface area contributed by atoms with Crippen molar-refractivity contribution in [2.75, 3.05) is 19.5 Å². The Morgan fingerprint density at radius 1 is 1.32 bits per heavy atom. The second-order valence-corrected chi connectivity index (χ2v) is 4.63. The standard InChI is InChI=1S/C13H14N2O3S/c1-17-10-5-3-9(4-6-10)15-11(13(16)18-2)12-14-7-8-19-12/h3-8,11,15H,1-2H3. The molecule has 1 aromatic carbocycles. The molecule has 0 aliphatic heterocycles. The number of carbonyl (C=O) groups excluding carboxylic acids is 1. The van der Waals surface area contributed by atoms with Crippen molar-refractivity contribution in [3.63, 3.8) is 0 Å². The Morgan fingerprint density at radius 3 is 2.58 bits per heavy atom. The summed E-state index contributed by atoms with van der Waals surface area (Å²) >= 11 is 1.40. The smallest absolute Gasteiger partial charge is 0.335 e. The highest BCUT2D eigenvalue weighted by Crippen LogP contribution is 2.24. The maximum Gasteiger partial charge on any atom is 0.335 e. The zero-order chi connectivity index (χ0) is 13.7. The van der Waals surface area contributed by atoms with Crippen LogP contribution in [0.1, 0.15) is 11.0 Å². The van der Waals surface area contributed by atoms with E-state index in [1.165, 1.54) is 18.4 Å². The normalized spacial score (nSPS) is 11.7. The van der Waals surface area contributed by atoms with Gasteiger partial charge in [0.2, 0.25) is 0 Å². The van der Waals surface area contributed by atoms with Crippen LogP contribution in [0.15, 0.2) is 35.8 Å². The summed E-state index contributed by atoms with van der Waals surface area (Å²) in [6.07, 6.45) is 1.66. The highest BCUT2D eigenvalue weighted by molar-refractivity contribution is 7.09. The first-order valence-corrected chi connectivity index (χ1v) is 6.50. The number of thiazole rings is 1. The number of carbonyl (C=O) groups is 1. The number of rotatable bonds is 5. The Balaban J connectivity index is 2.18. The van der Waals surface area contributed by atoms with Gasteiger partial charge in [0.15, 0.2) is 6.04 Å². The maximum atomic E-state index is 11.8. The lowest BCUT2D eigenvalue weighted by Crippen LogP contribution is -2.22. The molecule has 1 unspecified atom stereocenters. The summed E-state index contributed by atoms with van der Waals surface area (Å²) in [5.41, 5.74) is 0.798. The molecule has 1 heterocycles. The number of benzene rings is 1. The van der Waals surface area contributed by atoms with Gasteiger partial charge >= 0.3 is 5.97 Å². The van der Waals surface area contributed by atoms with E-state index >= 15 is 0 Å². The van der Waals surface area contributed by atoms with Crippen LogP contribution in [0.5, 0.6) is 5.75 Å². The van der Waals surface area contributed by atoms with Gasteiger partial charge in [0.25, 0.3) is 0 Å². The fourth-order valence-corrected chi connectivity index (χ4v) is 2.24. The van der Waals surface area contributed by atoms with Crippen LogP contribution >= 0.6 is 11.3 Å². The summed E-state index contributed by atoms with van der Waals surface area (Å²) in [6.45, 7) is 0. The Morgan fingerprint density at radius 2 is 2.05 bits per heavy atom. The van der Waals surface area contributed by atoms with Crippen LogP contribution in [0.2, 0.25) is 0 Å². The third kappa shape index (κ3) is 3.23. The lowest BCUT2D eigenvalue weighted by Gasteiger charge is -2.15. The number of ether oxygens (including phenoxy) is 2. The average Bonchev–Trinajstić information content (AvgIpc) is 2.98. The average molecular weight is 278 g/mol. The molecule has 6 heteroatoms. The molecule has 0 amide bonds. The van der Waals surface area contributed by atoms with Crippen LogP contribution in [0.4, 0.5) is 5.69 Å². The summed E-state index contributed by atoms with van der Waals surface area (Å²) in [7, 11) is 2.97. The van der Waals surface area contributed by atoms with Gasteiger partial charge in [0.1, 0.15) is 10.8 Å². The number of methoxy groups -OCH3 is 2. The Kier molecular flexibility index (Phi) is 4.35. The van der Waals surface area contributed by atoms with E-state index in [0.717, 1.165) is 11.4 Å². The van der Waals surface area contributed by atoms with Crippen LogP contribution in [-0.4, -0.2) is 25.2 Å². The van der Waals surface area contributed by atoms with Crippen molar-refractivity contribution in [1.82, 2.24) is 4.98 Å². The molecule has 5 nitrogen and oxygen atoms in total. The van der Waals surface area contributed by atoms with Crippen molar-refractivity contribution in [1.29, 1.82) is 0 Å². The van der Waals surface area contributed by atoms with E-state index in [1.807, 2.05) is 29.6 Å². The molecule has 1 N–H and O–H groups in total. The van der Waals surface area contributed by atoms with Crippen molar-refractivity contribution in [2.24, 2.45) is 0 Å².